The minimum absolute atomic E-state index is 0.147. The summed E-state index contributed by atoms with van der Waals surface area (Å²) in [5.74, 6) is 1.98. The van der Waals surface area contributed by atoms with Gasteiger partial charge in [0.05, 0.1) is 10.8 Å². The molecule has 7 nitrogen and oxygen atoms in total. The number of furan rings is 1. The third-order valence-electron chi connectivity index (χ3n) is 5.49. The lowest BCUT2D eigenvalue weighted by molar-refractivity contribution is 0.265. The van der Waals surface area contributed by atoms with Crippen molar-refractivity contribution in [1.82, 2.24) is 14.4 Å². The Morgan fingerprint density at radius 2 is 1.90 bits per heavy atom. The van der Waals surface area contributed by atoms with Crippen LogP contribution in [0.15, 0.2) is 68.4 Å². The predicted molar refractivity (Wildman–Crippen MR) is 111 cm³/mol. The second-order valence-corrected chi connectivity index (χ2v) is 9.52. The summed E-state index contributed by atoms with van der Waals surface area (Å²) in [4.78, 5) is 4.76. The highest BCUT2D eigenvalue weighted by Gasteiger charge is 2.33. The van der Waals surface area contributed by atoms with Crippen LogP contribution in [0, 0.1) is 6.92 Å². The quantitative estimate of drug-likeness (QED) is 0.484. The topological polar surface area (TPSA) is 89.4 Å². The molecule has 154 valence electrons. The molecule has 2 aromatic heterocycles. The highest BCUT2D eigenvalue weighted by molar-refractivity contribution is 7.89. The third kappa shape index (κ3) is 3.42. The lowest BCUT2D eigenvalue weighted by atomic mass is 10.00. The van der Waals surface area contributed by atoms with E-state index in [1.807, 2.05) is 43.3 Å². The van der Waals surface area contributed by atoms with Crippen LogP contribution in [-0.2, 0) is 10.0 Å². The summed E-state index contributed by atoms with van der Waals surface area (Å²) in [7, 11) is -3.61. The van der Waals surface area contributed by atoms with Crippen molar-refractivity contribution in [3.8, 4) is 11.6 Å². The summed E-state index contributed by atoms with van der Waals surface area (Å²) >= 11 is 0. The Hall–Kier alpha value is -2.97. The van der Waals surface area contributed by atoms with Gasteiger partial charge >= 0.3 is 0 Å². The Balaban J connectivity index is 1.40. The number of benzene rings is 2. The van der Waals surface area contributed by atoms with Gasteiger partial charge in [-0.1, -0.05) is 35.5 Å². The van der Waals surface area contributed by atoms with Crippen LogP contribution in [0.2, 0.25) is 0 Å². The molecule has 0 saturated carbocycles. The first-order chi connectivity index (χ1) is 14.5. The first-order valence-electron chi connectivity index (χ1n) is 9.90. The second kappa shape index (κ2) is 7.37. The molecule has 0 bridgehead atoms. The number of piperidine rings is 1. The predicted octanol–water partition coefficient (Wildman–Crippen LogP) is 4.36. The van der Waals surface area contributed by atoms with Crippen LogP contribution in [-0.4, -0.2) is 36.0 Å². The fraction of sp³-hybridized carbons (Fsp3) is 0.273. The molecule has 4 aromatic rings. The molecular weight excluding hydrogens is 402 g/mol. The molecule has 1 aliphatic heterocycles. The lowest BCUT2D eigenvalue weighted by Crippen LogP contribution is -2.39. The van der Waals surface area contributed by atoms with Gasteiger partial charge in [-0.05, 0) is 54.8 Å². The van der Waals surface area contributed by atoms with Crippen LogP contribution in [0.1, 0.15) is 30.4 Å². The van der Waals surface area contributed by atoms with Crippen LogP contribution < -0.4 is 0 Å². The Labute approximate surface area is 174 Å². The van der Waals surface area contributed by atoms with Crippen molar-refractivity contribution in [2.45, 2.75) is 30.6 Å². The van der Waals surface area contributed by atoms with E-state index in [2.05, 4.69) is 10.1 Å². The lowest BCUT2D eigenvalue weighted by Gasteiger charge is -2.30. The standard InChI is InChI=1S/C22H21N3O4S/c1-15-8-11-20(28-15)21-23-22(29-24-21)18-7-4-12-25(14-18)30(26,27)19-10-9-16-5-2-3-6-17(16)13-19/h2-3,5-6,8-11,13,18H,4,7,12,14H2,1H3/t18-/m1/s1. The molecule has 5 rings (SSSR count). The van der Waals surface area contributed by atoms with Crippen molar-refractivity contribution in [2.75, 3.05) is 13.1 Å². The summed E-state index contributed by atoms with van der Waals surface area (Å²) in [6, 6.07) is 16.6. The van der Waals surface area contributed by atoms with E-state index in [-0.39, 0.29) is 5.92 Å². The zero-order valence-electron chi connectivity index (χ0n) is 16.5. The molecule has 0 N–H and O–H groups in total. The average Bonchev–Trinajstić information content (AvgIpc) is 3.43. The van der Waals surface area contributed by atoms with Gasteiger partial charge in [-0.15, -0.1) is 0 Å². The van der Waals surface area contributed by atoms with Crippen molar-refractivity contribution >= 4 is 20.8 Å². The molecule has 0 radical (unpaired) electrons. The molecule has 3 heterocycles. The van der Waals surface area contributed by atoms with Gasteiger partial charge in [-0.2, -0.15) is 9.29 Å². The normalized spacial score (nSPS) is 18.1. The van der Waals surface area contributed by atoms with Gasteiger partial charge in [-0.25, -0.2) is 8.42 Å². The van der Waals surface area contributed by atoms with Crippen LogP contribution in [0.25, 0.3) is 22.4 Å². The molecule has 1 atom stereocenters. The van der Waals surface area contributed by atoms with E-state index in [1.54, 1.807) is 18.2 Å². The van der Waals surface area contributed by atoms with E-state index in [1.165, 1.54) is 4.31 Å². The van der Waals surface area contributed by atoms with Crippen molar-refractivity contribution in [1.29, 1.82) is 0 Å². The SMILES string of the molecule is Cc1ccc(-c2noc([C@@H]3CCCN(S(=O)(=O)c4ccc5ccccc5c4)C3)n2)o1. The zero-order valence-corrected chi connectivity index (χ0v) is 17.3. The first kappa shape index (κ1) is 19.0. The molecule has 1 aliphatic rings. The minimum Gasteiger partial charge on any atom is -0.458 e. The summed E-state index contributed by atoms with van der Waals surface area (Å²) in [5.41, 5.74) is 0. The van der Waals surface area contributed by atoms with Crippen LogP contribution in [0.4, 0.5) is 0 Å². The third-order valence-corrected chi connectivity index (χ3v) is 7.36. The van der Waals surface area contributed by atoms with E-state index in [9.17, 15) is 8.42 Å². The smallest absolute Gasteiger partial charge is 0.243 e. The molecule has 8 heteroatoms. The van der Waals surface area contributed by atoms with Crippen molar-refractivity contribution in [3.63, 3.8) is 0 Å². The molecule has 0 spiro atoms. The maximum Gasteiger partial charge on any atom is 0.243 e. The van der Waals surface area contributed by atoms with E-state index in [0.29, 0.717) is 35.5 Å². The largest absolute Gasteiger partial charge is 0.458 e. The Bertz CT molecular complexity index is 1310. The zero-order chi connectivity index (χ0) is 20.7. The summed E-state index contributed by atoms with van der Waals surface area (Å²) < 4.78 is 39.1. The molecule has 0 unspecified atom stereocenters. The maximum absolute atomic E-state index is 13.3. The number of rotatable bonds is 4. The Morgan fingerprint density at radius 3 is 2.70 bits per heavy atom. The second-order valence-electron chi connectivity index (χ2n) is 7.58. The highest BCUT2D eigenvalue weighted by Crippen LogP contribution is 2.31. The number of aromatic nitrogens is 2. The summed E-state index contributed by atoms with van der Waals surface area (Å²) in [6.07, 6.45) is 1.53. The fourth-order valence-corrected chi connectivity index (χ4v) is 5.45. The molecule has 0 amide bonds. The summed E-state index contributed by atoms with van der Waals surface area (Å²) in [6.45, 7) is 2.64. The van der Waals surface area contributed by atoms with Crippen molar-refractivity contribution < 1.29 is 17.4 Å². The number of nitrogens with zero attached hydrogens (tertiary/aromatic N) is 3. The molecule has 2 aromatic carbocycles. The van der Waals surface area contributed by atoms with Crippen LogP contribution in [0.5, 0.6) is 0 Å². The Morgan fingerprint density at radius 1 is 1.07 bits per heavy atom. The van der Waals surface area contributed by atoms with Crippen LogP contribution in [0.3, 0.4) is 0 Å². The number of sulfonamides is 1. The maximum atomic E-state index is 13.3. The monoisotopic (exact) mass is 423 g/mol. The number of aryl methyl sites for hydroxylation is 1. The summed E-state index contributed by atoms with van der Waals surface area (Å²) in [5, 5.41) is 5.93. The van der Waals surface area contributed by atoms with Crippen LogP contribution >= 0.6 is 0 Å². The first-order valence-corrected chi connectivity index (χ1v) is 11.3. The van der Waals surface area contributed by atoms with Gasteiger partial charge in [0.2, 0.25) is 21.7 Å². The van der Waals surface area contributed by atoms with Gasteiger partial charge in [-0.3, -0.25) is 0 Å². The minimum atomic E-state index is -3.61. The van der Waals surface area contributed by atoms with Gasteiger partial charge in [0.1, 0.15) is 5.76 Å². The fourth-order valence-electron chi connectivity index (χ4n) is 3.90. The van der Waals surface area contributed by atoms with Crippen molar-refractivity contribution in [2.24, 2.45) is 0 Å². The van der Waals surface area contributed by atoms with Gasteiger partial charge in [0.15, 0.2) is 5.76 Å². The molecular formula is C22H21N3O4S. The van der Waals surface area contributed by atoms with E-state index in [4.69, 9.17) is 8.94 Å². The molecule has 30 heavy (non-hydrogen) atoms. The van der Waals surface area contributed by atoms with E-state index in [0.717, 1.165) is 29.4 Å². The number of hydrogen-bond acceptors (Lipinski definition) is 6. The van der Waals surface area contributed by atoms with Crippen molar-refractivity contribution in [3.05, 3.63) is 66.2 Å². The van der Waals surface area contributed by atoms with E-state index >= 15 is 0 Å². The highest BCUT2D eigenvalue weighted by atomic mass is 32.2. The molecule has 1 fully saturated rings. The molecule has 1 saturated heterocycles. The number of fused-ring (bicyclic) bond motifs is 1. The van der Waals surface area contributed by atoms with Gasteiger partial charge in [0.25, 0.3) is 0 Å². The number of hydrogen-bond donors (Lipinski definition) is 0. The van der Waals surface area contributed by atoms with Gasteiger partial charge < -0.3 is 8.94 Å². The van der Waals surface area contributed by atoms with E-state index < -0.39 is 10.0 Å². The Kier molecular flexibility index (Phi) is 4.67. The molecule has 0 aliphatic carbocycles. The van der Waals surface area contributed by atoms with Gasteiger partial charge in [0, 0.05) is 13.1 Å². The average molecular weight is 423 g/mol.